The van der Waals surface area contributed by atoms with Crippen LogP contribution in [0.3, 0.4) is 0 Å². The van der Waals surface area contributed by atoms with Crippen molar-refractivity contribution in [2.75, 3.05) is 0 Å². The first-order valence-corrected chi connectivity index (χ1v) is 5.14. The van der Waals surface area contributed by atoms with Crippen LogP contribution in [-0.4, -0.2) is 44.0 Å². The van der Waals surface area contributed by atoms with E-state index in [1.165, 1.54) is 17.8 Å². The molecule has 0 spiro atoms. The SMILES string of the molecule is CC(C(=O)N[C@H](C(=O)O)[C@@H](C)O)n1cccn1. The van der Waals surface area contributed by atoms with E-state index in [9.17, 15) is 14.7 Å². The fourth-order valence-corrected chi connectivity index (χ4v) is 1.29. The number of carboxylic acid groups (broad SMARTS) is 1. The average molecular weight is 241 g/mol. The van der Waals surface area contributed by atoms with Gasteiger partial charge in [0.15, 0.2) is 6.04 Å². The number of aliphatic hydroxyl groups excluding tert-OH is 1. The molecular formula is C10H15N3O4. The van der Waals surface area contributed by atoms with Gasteiger partial charge in [-0.1, -0.05) is 0 Å². The molecule has 0 bridgehead atoms. The summed E-state index contributed by atoms with van der Waals surface area (Å²) in [5.74, 6) is -1.79. The Bertz CT molecular complexity index is 388. The van der Waals surface area contributed by atoms with E-state index in [4.69, 9.17) is 5.11 Å². The molecule has 1 heterocycles. The van der Waals surface area contributed by atoms with E-state index in [1.807, 2.05) is 0 Å². The van der Waals surface area contributed by atoms with Crippen molar-refractivity contribution in [3.05, 3.63) is 18.5 Å². The summed E-state index contributed by atoms with van der Waals surface area (Å²) < 4.78 is 1.40. The molecule has 0 fully saturated rings. The molecule has 1 aromatic heterocycles. The standard InChI is InChI=1S/C10H15N3O4/c1-6(13-5-3-4-11-13)9(15)12-8(7(2)14)10(16)17/h3-8,14H,1-2H3,(H,12,15)(H,16,17)/t6?,7-,8+/m1/s1. The molecule has 94 valence electrons. The van der Waals surface area contributed by atoms with Gasteiger partial charge in [-0.3, -0.25) is 9.48 Å². The number of aromatic nitrogens is 2. The predicted molar refractivity (Wildman–Crippen MR) is 58.2 cm³/mol. The highest BCUT2D eigenvalue weighted by Crippen LogP contribution is 2.04. The third-order valence-corrected chi connectivity index (χ3v) is 2.35. The zero-order valence-corrected chi connectivity index (χ0v) is 9.57. The minimum Gasteiger partial charge on any atom is -0.480 e. The van der Waals surface area contributed by atoms with Crippen molar-refractivity contribution in [2.24, 2.45) is 0 Å². The van der Waals surface area contributed by atoms with Crippen molar-refractivity contribution in [3.63, 3.8) is 0 Å². The van der Waals surface area contributed by atoms with Crippen molar-refractivity contribution in [1.29, 1.82) is 0 Å². The molecule has 7 nitrogen and oxygen atoms in total. The van der Waals surface area contributed by atoms with Crippen LogP contribution in [0.15, 0.2) is 18.5 Å². The fourth-order valence-electron chi connectivity index (χ4n) is 1.29. The number of nitrogens with one attached hydrogen (secondary N) is 1. The largest absolute Gasteiger partial charge is 0.480 e. The van der Waals surface area contributed by atoms with Gasteiger partial charge in [0.1, 0.15) is 6.04 Å². The van der Waals surface area contributed by atoms with E-state index >= 15 is 0 Å². The van der Waals surface area contributed by atoms with Crippen LogP contribution in [0.25, 0.3) is 0 Å². The number of rotatable bonds is 5. The smallest absolute Gasteiger partial charge is 0.328 e. The number of hydrogen-bond acceptors (Lipinski definition) is 4. The lowest BCUT2D eigenvalue weighted by Gasteiger charge is -2.19. The fraction of sp³-hybridized carbons (Fsp3) is 0.500. The maximum atomic E-state index is 11.7. The minimum atomic E-state index is -1.32. The van der Waals surface area contributed by atoms with Gasteiger partial charge in [-0.25, -0.2) is 4.79 Å². The monoisotopic (exact) mass is 241 g/mol. The normalized spacial score (nSPS) is 15.9. The van der Waals surface area contributed by atoms with Crippen molar-refractivity contribution in [1.82, 2.24) is 15.1 Å². The highest BCUT2D eigenvalue weighted by atomic mass is 16.4. The van der Waals surface area contributed by atoms with Gasteiger partial charge in [-0.05, 0) is 19.9 Å². The van der Waals surface area contributed by atoms with Crippen molar-refractivity contribution in [3.8, 4) is 0 Å². The zero-order chi connectivity index (χ0) is 13.0. The van der Waals surface area contributed by atoms with Crippen LogP contribution in [0.1, 0.15) is 19.9 Å². The summed E-state index contributed by atoms with van der Waals surface area (Å²) in [5, 5.41) is 24.2. The molecule has 0 aromatic carbocycles. The molecule has 3 atom stereocenters. The first-order chi connectivity index (χ1) is 7.93. The lowest BCUT2D eigenvalue weighted by atomic mass is 10.1. The Morgan fingerprint density at radius 1 is 1.41 bits per heavy atom. The summed E-state index contributed by atoms with van der Waals surface area (Å²) in [6.07, 6.45) is 1.96. The molecule has 7 heteroatoms. The van der Waals surface area contributed by atoms with Gasteiger partial charge in [0.2, 0.25) is 5.91 Å². The number of carbonyl (C=O) groups excluding carboxylic acids is 1. The number of aliphatic carboxylic acids is 1. The van der Waals surface area contributed by atoms with Gasteiger partial charge >= 0.3 is 5.97 Å². The van der Waals surface area contributed by atoms with E-state index in [2.05, 4.69) is 10.4 Å². The van der Waals surface area contributed by atoms with Crippen molar-refractivity contribution >= 4 is 11.9 Å². The van der Waals surface area contributed by atoms with E-state index in [0.29, 0.717) is 0 Å². The maximum absolute atomic E-state index is 11.7. The van der Waals surface area contributed by atoms with E-state index in [-0.39, 0.29) is 0 Å². The molecule has 0 saturated heterocycles. The zero-order valence-electron chi connectivity index (χ0n) is 9.57. The lowest BCUT2D eigenvalue weighted by molar-refractivity contribution is -0.145. The van der Waals surface area contributed by atoms with Crippen LogP contribution in [0.4, 0.5) is 0 Å². The second kappa shape index (κ2) is 5.44. The summed E-state index contributed by atoms with van der Waals surface area (Å²) in [6.45, 7) is 2.89. The molecule has 1 rings (SSSR count). The topological polar surface area (TPSA) is 104 Å². The first-order valence-electron chi connectivity index (χ1n) is 5.14. The van der Waals surface area contributed by atoms with Crippen molar-refractivity contribution < 1.29 is 19.8 Å². The Morgan fingerprint density at radius 2 is 2.06 bits per heavy atom. The number of aliphatic hydroxyl groups is 1. The molecular weight excluding hydrogens is 226 g/mol. The number of carboxylic acids is 1. The number of amides is 1. The molecule has 17 heavy (non-hydrogen) atoms. The average Bonchev–Trinajstić information content (AvgIpc) is 2.76. The Kier molecular flexibility index (Phi) is 4.22. The molecule has 1 aromatic rings. The summed E-state index contributed by atoms with van der Waals surface area (Å²) in [6, 6.07) is -0.293. The summed E-state index contributed by atoms with van der Waals surface area (Å²) in [4.78, 5) is 22.5. The van der Waals surface area contributed by atoms with Gasteiger partial charge < -0.3 is 15.5 Å². The second-order valence-corrected chi connectivity index (χ2v) is 3.73. The lowest BCUT2D eigenvalue weighted by Crippen LogP contribution is -2.49. The summed E-state index contributed by atoms with van der Waals surface area (Å²) in [7, 11) is 0. The Balaban J connectivity index is 2.68. The third kappa shape index (κ3) is 3.28. The minimum absolute atomic E-state index is 0.512. The van der Waals surface area contributed by atoms with Gasteiger partial charge in [0, 0.05) is 12.4 Å². The first kappa shape index (κ1) is 13.2. The van der Waals surface area contributed by atoms with Crippen LogP contribution in [-0.2, 0) is 9.59 Å². The summed E-state index contributed by atoms with van der Waals surface area (Å²) >= 11 is 0. The summed E-state index contributed by atoms with van der Waals surface area (Å²) in [5.41, 5.74) is 0. The molecule has 0 aliphatic carbocycles. The predicted octanol–water partition coefficient (Wildman–Crippen LogP) is -0.606. The van der Waals surface area contributed by atoms with Crippen LogP contribution < -0.4 is 5.32 Å². The quantitative estimate of drug-likeness (QED) is 0.638. The molecule has 0 radical (unpaired) electrons. The Hall–Kier alpha value is -1.89. The highest BCUT2D eigenvalue weighted by molar-refractivity contribution is 5.86. The molecule has 3 N–H and O–H groups in total. The number of nitrogens with zero attached hydrogens (tertiary/aromatic N) is 2. The second-order valence-electron chi connectivity index (χ2n) is 3.73. The van der Waals surface area contributed by atoms with Gasteiger partial charge in [-0.2, -0.15) is 5.10 Å². The van der Waals surface area contributed by atoms with Crippen LogP contribution in [0, 0.1) is 0 Å². The van der Waals surface area contributed by atoms with Gasteiger partial charge in [0.25, 0.3) is 0 Å². The molecule has 0 saturated carbocycles. The molecule has 1 amide bonds. The van der Waals surface area contributed by atoms with E-state index < -0.39 is 30.1 Å². The molecule has 1 unspecified atom stereocenters. The van der Waals surface area contributed by atoms with Crippen LogP contribution in [0.5, 0.6) is 0 Å². The van der Waals surface area contributed by atoms with E-state index in [0.717, 1.165) is 0 Å². The van der Waals surface area contributed by atoms with E-state index in [1.54, 1.807) is 19.2 Å². The molecule has 0 aliphatic rings. The Morgan fingerprint density at radius 3 is 2.47 bits per heavy atom. The van der Waals surface area contributed by atoms with Crippen LogP contribution in [0.2, 0.25) is 0 Å². The Labute approximate surface area is 98.1 Å². The molecule has 0 aliphatic heterocycles. The van der Waals surface area contributed by atoms with Crippen molar-refractivity contribution in [2.45, 2.75) is 32.0 Å². The highest BCUT2D eigenvalue weighted by Gasteiger charge is 2.27. The third-order valence-electron chi connectivity index (χ3n) is 2.35. The van der Waals surface area contributed by atoms with Crippen LogP contribution >= 0.6 is 0 Å². The maximum Gasteiger partial charge on any atom is 0.328 e. The van der Waals surface area contributed by atoms with Gasteiger partial charge in [0.05, 0.1) is 6.10 Å². The van der Waals surface area contributed by atoms with Gasteiger partial charge in [-0.15, -0.1) is 0 Å². The number of carbonyl (C=O) groups is 2. The number of hydrogen-bond donors (Lipinski definition) is 3.